The number of aromatic nitrogens is 5. The van der Waals surface area contributed by atoms with Crippen LogP contribution in [0, 0.1) is 5.92 Å². The van der Waals surface area contributed by atoms with Crippen LogP contribution in [0.25, 0.3) is 11.4 Å². The molecule has 0 spiro atoms. The molecule has 0 bridgehead atoms. The summed E-state index contributed by atoms with van der Waals surface area (Å²) in [5.74, 6) is -1.13. The van der Waals surface area contributed by atoms with Gasteiger partial charge in [-0.25, -0.2) is 23.9 Å². The molecular formula is C37H39Cl2N5O7S2. The monoisotopic (exact) mass is 799 g/mol. The van der Waals surface area contributed by atoms with Gasteiger partial charge in [0.05, 0.1) is 41.6 Å². The molecule has 3 heterocycles. The number of methoxy groups -OCH3 is 1. The summed E-state index contributed by atoms with van der Waals surface area (Å²) in [5, 5.41) is 29.5. The number of hydrogen-bond acceptors (Lipinski definition) is 10. The summed E-state index contributed by atoms with van der Waals surface area (Å²) in [6, 6.07) is 22.5. The van der Waals surface area contributed by atoms with E-state index in [-0.39, 0.29) is 23.8 Å². The molecule has 53 heavy (non-hydrogen) atoms. The normalized spacial score (nSPS) is 11.3. The second-order valence-electron chi connectivity index (χ2n) is 11.4. The fourth-order valence-corrected chi connectivity index (χ4v) is 7.06. The first kappa shape index (κ1) is 41.3. The summed E-state index contributed by atoms with van der Waals surface area (Å²) in [6.45, 7) is 4.72. The van der Waals surface area contributed by atoms with Gasteiger partial charge in [-0.1, -0.05) is 86.6 Å². The van der Waals surface area contributed by atoms with Gasteiger partial charge in [0.2, 0.25) is 5.88 Å². The Morgan fingerprint density at radius 3 is 1.96 bits per heavy atom. The van der Waals surface area contributed by atoms with Gasteiger partial charge in [-0.3, -0.25) is 4.79 Å². The summed E-state index contributed by atoms with van der Waals surface area (Å²) < 4.78 is 13.5. The number of pyridine rings is 1. The minimum Gasteiger partial charge on any atom is -0.481 e. The number of nitrogens with zero attached hydrogens (tertiary/aromatic N) is 5. The lowest BCUT2D eigenvalue weighted by Gasteiger charge is -2.14. The largest absolute Gasteiger partial charge is 0.481 e. The van der Waals surface area contributed by atoms with Crippen molar-refractivity contribution in [3.05, 3.63) is 100 Å². The molecule has 12 nitrogen and oxygen atoms in total. The number of benzene rings is 2. The first-order valence-corrected chi connectivity index (χ1v) is 19.2. The zero-order chi connectivity index (χ0) is 38.3. The van der Waals surface area contributed by atoms with Gasteiger partial charge in [-0.2, -0.15) is 10.2 Å². The predicted octanol–water partition coefficient (Wildman–Crippen LogP) is 9.24. The van der Waals surface area contributed by atoms with E-state index in [9.17, 15) is 24.6 Å². The standard InChI is InChI=1S/C21H27ClN2O4S.C16H12ClN3O3S/c1-3-5-8-15(4-2)14-28-20(25)11-12-29-19-13-17(21(26)27)23-24(19)18-10-7-6-9-16(18)22;1-23-13-7-4-8-14(18-13)24-15-9-11(16(21)22)19-20(15)12-6-3-2-5-10(12)17/h6-7,9-10,13,15H,3-5,8,11-12,14H2,1-2H3,(H,26,27);2-9H,1H3,(H,21,22). The van der Waals surface area contributed by atoms with Crippen molar-refractivity contribution in [3.63, 3.8) is 0 Å². The summed E-state index contributed by atoms with van der Waals surface area (Å²) in [7, 11) is 1.54. The highest BCUT2D eigenvalue weighted by atomic mass is 35.5. The van der Waals surface area contributed by atoms with E-state index in [1.54, 1.807) is 54.6 Å². The Morgan fingerprint density at radius 1 is 0.830 bits per heavy atom. The molecule has 5 rings (SSSR count). The van der Waals surface area contributed by atoms with Crippen molar-refractivity contribution in [1.29, 1.82) is 0 Å². The maximum atomic E-state index is 12.1. The highest BCUT2D eigenvalue weighted by molar-refractivity contribution is 7.99. The molecule has 2 aromatic carbocycles. The minimum atomic E-state index is -1.12. The van der Waals surface area contributed by atoms with E-state index >= 15 is 0 Å². The van der Waals surface area contributed by atoms with Crippen LogP contribution in [-0.4, -0.2) is 72.1 Å². The first-order valence-electron chi connectivity index (χ1n) is 16.7. The van der Waals surface area contributed by atoms with Gasteiger partial charge >= 0.3 is 17.9 Å². The number of rotatable bonds is 17. The van der Waals surface area contributed by atoms with Crippen LogP contribution >= 0.6 is 46.7 Å². The lowest BCUT2D eigenvalue weighted by Crippen LogP contribution is -2.14. The molecule has 0 aliphatic heterocycles. The molecule has 1 unspecified atom stereocenters. The van der Waals surface area contributed by atoms with Crippen LogP contribution in [-0.2, 0) is 9.53 Å². The molecule has 0 fully saturated rings. The van der Waals surface area contributed by atoms with Crippen LogP contribution in [0.4, 0.5) is 0 Å². The van der Waals surface area contributed by atoms with E-state index in [4.69, 9.17) is 32.7 Å². The van der Waals surface area contributed by atoms with E-state index in [0.717, 1.165) is 25.7 Å². The number of thioether (sulfide) groups is 1. The number of hydrogen-bond donors (Lipinski definition) is 2. The molecule has 0 amide bonds. The Labute approximate surface area is 325 Å². The van der Waals surface area contributed by atoms with Crippen LogP contribution in [0.3, 0.4) is 0 Å². The van der Waals surface area contributed by atoms with Gasteiger partial charge in [-0.05, 0) is 54.4 Å². The van der Waals surface area contributed by atoms with Gasteiger partial charge in [0, 0.05) is 24.0 Å². The molecule has 1 atom stereocenters. The lowest BCUT2D eigenvalue weighted by atomic mass is 10.0. The van der Waals surface area contributed by atoms with Crippen molar-refractivity contribution in [2.45, 2.75) is 61.0 Å². The number of carbonyl (C=O) groups excluding carboxylic acids is 1. The van der Waals surface area contributed by atoms with E-state index in [1.807, 2.05) is 12.1 Å². The topological polar surface area (TPSA) is 159 Å². The number of carbonyl (C=O) groups is 3. The number of unbranched alkanes of at least 4 members (excludes halogenated alkanes) is 1. The third-order valence-corrected chi connectivity index (χ3v) is 10.2. The van der Waals surface area contributed by atoms with Gasteiger partial charge < -0.3 is 19.7 Å². The van der Waals surface area contributed by atoms with E-state index in [0.29, 0.717) is 60.7 Å². The first-order chi connectivity index (χ1) is 25.5. The molecule has 0 radical (unpaired) electrons. The number of carboxylic acid groups (broad SMARTS) is 2. The Bertz CT molecular complexity index is 2010. The van der Waals surface area contributed by atoms with Crippen molar-refractivity contribution in [1.82, 2.24) is 24.5 Å². The summed E-state index contributed by atoms with van der Waals surface area (Å²) >= 11 is 15.1. The maximum absolute atomic E-state index is 12.1. The quantitative estimate of drug-likeness (QED) is 0.0679. The number of para-hydroxylation sites is 2. The number of aromatic carboxylic acids is 2. The lowest BCUT2D eigenvalue weighted by molar-refractivity contribution is -0.144. The molecule has 0 aliphatic rings. The Balaban J connectivity index is 0.000000240. The molecule has 280 valence electrons. The number of esters is 1. The van der Waals surface area contributed by atoms with Gasteiger partial charge in [-0.15, -0.1) is 11.8 Å². The van der Waals surface area contributed by atoms with Crippen molar-refractivity contribution < 1.29 is 34.1 Å². The highest BCUT2D eigenvalue weighted by Gasteiger charge is 2.19. The Hall–Kier alpha value is -4.50. The van der Waals surface area contributed by atoms with E-state index in [1.165, 1.54) is 52.1 Å². The second-order valence-corrected chi connectivity index (χ2v) is 14.4. The summed E-state index contributed by atoms with van der Waals surface area (Å²) in [4.78, 5) is 39.0. The van der Waals surface area contributed by atoms with Gasteiger partial charge in [0.25, 0.3) is 0 Å². The molecule has 0 saturated carbocycles. The average Bonchev–Trinajstić information content (AvgIpc) is 3.77. The molecule has 5 aromatic rings. The van der Waals surface area contributed by atoms with Crippen molar-refractivity contribution in [3.8, 4) is 17.3 Å². The van der Waals surface area contributed by atoms with Gasteiger partial charge in [0.1, 0.15) is 15.1 Å². The zero-order valence-corrected chi connectivity index (χ0v) is 32.4. The van der Waals surface area contributed by atoms with Crippen LogP contribution in [0.15, 0.2) is 93.9 Å². The third-order valence-electron chi connectivity index (χ3n) is 7.65. The molecular weight excluding hydrogens is 761 g/mol. The fraction of sp³-hybridized carbons (Fsp3) is 0.297. The Kier molecular flexibility index (Phi) is 16.1. The van der Waals surface area contributed by atoms with Crippen molar-refractivity contribution >= 4 is 64.6 Å². The van der Waals surface area contributed by atoms with Gasteiger partial charge in [0.15, 0.2) is 11.4 Å². The average molecular weight is 801 g/mol. The number of carboxylic acids is 2. The molecule has 2 N–H and O–H groups in total. The molecule has 16 heteroatoms. The SMILES string of the molecule is CCCCC(CC)COC(=O)CCSc1cc(C(=O)O)nn1-c1ccccc1Cl.COc1cccc(Sc2cc(C(=O)O)nn2-c2ccccc2Cl)n1. The summed E-state index contributed by atoms with van der Waals surface area (Å²) in [5.41, 5.74) is 1.04. The van der Waals surface area contributed by atoms with Crippen LogP contribution in [0.5, 0.6) is 5.88 Å². The number of halogens is 2. The van der Waals surface area contributed by atoms with Crippen LogP contribution < -0.4 is 4.74 Å². The Morgan fingerprint density at radius 2 is 1.42 bits per heavy atom. The second kappa shape index (κ2) is 20.7. The third kappa shape index (κ3) is 12.0. The fourth-order valence-electron chi connectivity index (χ4n) is 4.80. The van der Waals surface area contributed by atoms with E-state index in [2.05, 4.69) is 29.0 Å². The zero-order valence-electron chi connectivity index (χ0n) is 29.3. The van der Waals surface area contributed by atoms with Crippen molar-refractivity contribution in [2.75, 3.05) is 19.5 Å². The molecule has 0 saturated heterocycles. The number of ether oxygens (including phenoxy) is 2. The summed E-state index contributed by atoms with van der Waals surface area (Å²) in [6.07, 6.45) is 4.59. The highest BCUT2D eigenvalue weighted by Crippen LogP contribution is 2.32. The smallest absolute Gasteiger partial charge is 0.356 e. The predicted molar refractivity (Wildman–Crippen MR) is 206 cm³/mol. The van der Waals surface area contributed by atoms with Crippen LogP contribution in [0.2, 0.25) is 10.0 Å². The van der Waals surface area contributed by atoms with Crippen molar-refractivity contribution in [2.24, 2.45) is 5.92 Å². The minimum absolute atomic E-state index is 0.0692. The maximum Gasteiger partial charge on any atom is 0.356 e. The molecule has 3 aromatic heterocycles. The van der Waals surface area contributed by atoms with Crippen LogP contribution in [0.1, 0.15) is 66.9 Å². The molecule has 0 aliphatic carbocycles. The van der Waals surface area contributed by atoms with E-state index < -0.39 is 11.9 Å².